The average molecular weight is 135 g/mol. The molecule has 0 heterocycles. The first-order valence-electron chi connectivity index (χ1n) is 3.90. The Morgan fingerprint density at radius 3 is 3.10 bits per heavy atom. The minimum atomic E-state index is -0.337. The number of hydrogen-bond acceptors (Lipinski definition) is 1. The Morgan fingerprint density at radius 2 is 2.40 bits per heavy atom. The molecule has 0 aliphatic heterocycles. The third kappa shape index (κ3) is 0.611. The first-order chi connectivity index (χ1) is 5.26. The van der Waals surface area contributed by atoms with Gasteiger partial charge in [0.25, 0.3) is 0 Å². The zero-order chi connectivity index (χ0) is 7.90. The summed E-state index contributed by atoms with van der Waals surface area (Å²) in [7, 11) is 0. The molecule has 10 heavy (non-hydrogen) atoms. The van der Waals surface area contributed by atoms with Crippen molar-refractivity contribution in [2.45, 2.75) is 18.9 Å². The Morgan fingerprint density at radius 1 is 1.60 bits per heavy atom. The van der Waals surface area contributed by atoms with Crippen LogP contribution < -0.4 is 0 Å². The van der Waals surface area contributed by atoms with Crippen molar-refractivity contribution in [1.82, 2.24) is 0 Å². The minimum Gasteiger partial charge on any atom is -0.385 e. The number of fused-ring (bicyclic) bond motifs is 1. The van der Waals surface area contributed by atoms with E-state index in [1.807, 2.05) is 25.1 Å². The van der Waals surface area contributed by atoms with Crippen molar-refractivity contribution in [2.24, 2.45) is 0 Å². The summed E-state index contributed by atoms with van der Waals surface area (Å²) in [5.41, 5.74) is 2.13. The van der Waals surface area contributed by atoms with E-state index in [0.29, 0.717) is 0 Å². The van der Waals surface area contributed by atoms with Gasteiger partial charge in [-0.3, -0.25) is 0 Å². The van der Waals surface area contributed by atoms with Gasteiger partial charge in [0.05, 0.1) is 5.60 Å². The SMILES string of the molecule is [2H]OC1(C)Cc2ccccc21. The molecule has 1 aliphatic rings. The third-order valence-corrected chi connectivity index (χ3v) is 2.11. The predicted octanol–water partition coefficient (Wildman–Crippen LogP) is 1.45. The van der Waals surface area contributed by atoms with Gasteiger partial charge in [0.15, 0.2) is 0 Å². The fraction of sp³-hybridized carbons (Fsp3) is 0.333. The summed E-state index contributed by atoms with van der Waals surface area (Å²) < 4.78 is 6.89. The van der Waals surface area contributed by atoms with Crippen LogP contribution in [0, 0.1) is 0 Å². The van der Waals surface area contributed by atoms with E-state index in [-0.39, 0.29) is 5.60 Å². The molecule has 2 rings (SSSR count). The fourth-order valence-electron chi connectivity index (χ4n) is 1.54. The van der Waals surface area contributed by atoms with Crippen molar-refractivity contribution in [3.8, 4) is 0 Å². The van der Waals surface area contributed by atoms with E-state index in [2.05, 4.69) is 11.2 Å². The van der Waals surface area contributed by atoms with Crippen LogP contribution in [0.5, 0.6) is 0 Å². The van der Waals surface area contributed by atoms with Crippen LogP contribution in [-0.4, -0.2) is 6.54 Å². The molecule has 1 N–H and O–H groups in total. The second-order valence-electron chi connectivity index (χ2n) is 3.06. The summed E-state index contributed by atoms with van der Waals surface area (Å²) in [6, 6.07) is 8.10. The second-order valence-corrected chi connectivity index (χ2v) is 3.06. The third-order valence-electron chi connectivity index (χ3n) is 2.11. The average Bonchev–Trinajstić information content (AvgIpc) is 2.02. The summed E-state index contributed by atoms with van der Waals surface area (Å²) >= 11 is 0. The Balaban J connectivity index is 2.43. The first kappa shape index (κ1) is 4.91. The van der Waals surface area contributed by atoms with Gasteiger partial charge < -0.3 is 5.11 Å². The predicted molar refractivity (Wildman–Crippen MR) is 39.7 cm³/mol. The van der Waals surface area contributed by atoms with E-state index in [4.69, 9.17) is 1.43 Å². The smallest absolute Gasteiger partial charge is 0.211 e. The topological polar surface area (TPSA) is 20.2 Å². The summed E-state index contributed by atoms with van der Waals surface area (Å²) in [6.07, 6.45) is 0.868. The molecule has 1 unspecified atom stereocenters. The van der Waals surface area contributed by atoms with Crippen molar-refractivity contribution in [1.29, 1.82) is 1.43 Å². The highest BCUT2D eigenvalue weighted by Crippen LogP contribution is 2.37. The fourth-order valence-corrected chi connectivity index (χ4v) is 1.54. The highest BCUT2D eigenvalue weighted by Gasteiger charge is 2.35. The first-order valence-corrected chi connectivity index (χ1v) is 3.49. The van der Waals surface area contributed by atoms with E-state index < -0.39 is 0 Å². The molecule has 0 fully saturated rings. The summed E-state index contributed by atoms with van der Waals surface area (Å²) in [5.74, 6) is 0. The molecular weight excluding hydrogens is 124 g/mol. The van der Waals surface area contributed by atoms with Gasteiger partial charge in [-0.25, -0.2) is 0 Å². The van der Waals surface area contributed by atoms with Crippen LogP contribution >= 0.6 is 0 Å². The zero-order valence-electron chi connectivity index (χ0n) is 6.92. The molecule has 0 aromatic heterocycles. The molecule has 0 saturated carbocycles. The molecule has 1 nitrogen and oxygen atoms in total. The Hall–Kier alpha value is -0.820. The molecule has 52 valence electrons. The molecule has 1 aromatic carbocycles. The van der Waals surface area contributed by atoms with Crippen molar-refractivity contribution in [3.63, 3.8) is 0 Å². The molecule has 1 heteroatoms. The van der Waals surface area contributed by atoms with E-state index in [1.54, 1.807) is 0 Å². The second kappa shape index (κ2) is 1.61. The van der Waals surface area contributed by atoms with E-state index in [9.17, 15) is 0 Å². The van der Waals surface area contributed by atoms with Gasteiger partial charge in [-0.15, -0.1) is 0 Å². The molecule has 0 radical (unpaired) electrons. The largest absolute Gasteiger partial charge is 0.385 e. The van der Waals surface area contributed by atoms with E-state index in [1.165, 1.54) is 5.56 Å². The maximum Gasteiger partial charge on any atom is 0.211 e. The summed E-state index contributed by atoms with van der Waals surface area (Å²) in [5, 5.41) is 4.65. The van der Waals surface area contributed by atoms with Crippen LogP contribution in [0.15, 0.2) is 24.3 Å². The van der Waals surface area contributed by atoms with Crippen LogP contribution in [0.2, 0.25) is 0 Å². The Bertz CT molecular complexity index is 285. The molecular formula is C9H10O. The van der Waals surface area contributed by atoms with Gasteiger partial charge in [-0.1, -0.05) is 24.3 Å². The minimum absolute atomic E-state index is 0.337. The van der Waals surface area contributed by atoms with Crippen LogP contribution in [0.3, 0.4) is 0 Å². The van der Waals surface area contributed by atoms with Gasteiger partial charge in [-0.05, 0) is 18.1 Å². The maximum absolute atomic E-state index is 6.89. The van der Waals surface area contributed by atoms with Crippen LogP contribution in [-0.2, 0) is 12.0 Å². The van der Waals surface area contributed by atoms with Gasteiger partial charge in [0.2, 0.25) is 1.43 Å². The van der Waals surface area contributed by atoms with E-state index >= 15 is 0 Å². The van der Waals surface area contributed by atoms with Gasteiger partial charge in [0, 0.05) is 6.42 Å². The van der Waals surface area contributed by atoms with Gasteiger partial charge >= 0.3 is 0 Å². The molecule has 1 atom stereocenters. The molecule has 0 saturated heterocycles. The van der Waals surface area contributed by atoms with Gasteiger partial charge in [0.1, 0.15) is 0 Å². The quantitative estimate of drug-likeness (QED) is 0.618. The lowest BCUT2D eigenvalue weighted by Crippen LogP contribution is -2.34. The van der Waals surface area contributed by atoms with Crippen LogP contribution in [0.4, 0.5) is 0 Å². The zero-order valence-corrected chi connectivity index (χ0v) is 5.92. The number of aliphatic hydroxyl groups is 1. The molecule has 0 bridgehead atoms. The molecule has 0 spiro atoms. The highest BCUT2D eigenvalue weighted by atomic mass is 16.3. The highest BCUT2D eigenvalue weighted by molar-refractivity contribution is 5.41. The standard InChI is InChI=1S/C9H10O/c1-9(10)6-7-4-2-3-5-8(7)9/h2-5,10H,6H2,1H3/i10D. The maximum atomic E-state index is 6.89. The lowest BCUT2D eigenvalue weighted by atomic mass is 9.75. The molecule has 1 aliphatic carbocycles. The van der Waals surface area contributed by atoms with Crippen molar-refractivity contribution in [3.05, 3.63) is 35.4 Å². The monoisotopic (exact) mass is 135 g/mol. The van der Waals surface area contributed by atoms with Crippen molar-refractivity contribution < 1.29 is 5.11 Å². The van der Waals surface area contributed by atoms with Gasteiger partial charge in [-0.2, -0.15) is 0 Å². The number of benzene rings is 1. The van der Waals surface area contributed by atoms with Crippen LogP contribution in [0.25, 0.3) is 0 Å². The lowest BCUT2D eigenvalue weighted by Gasteiger charge is -2.35. The molecule has 1 aromatic rings. The Labute approximate surface area is 61.8 Å². The lowest BCUT2D eigenvalue weighted by molar-refractivity contribution is 0.0329. The summed E-state index contributed by atoms with van der Waals surface area (Å²) in [6.45, 7) is 1.95. The Kier molecular flexibility index (Phi) is 0.792. The number of hydrogen-bond donors (Lipinski definition) is 1. The van der Waals surface area contributed by atoms with Crippen molar-refractivity contribution in [2.75, 3.05) is 0 Å². The number of rotatable bonds is 1. The van der Waals surface area contributed by atoms with Crippen molar-refractivity contribution >= 4 is 0 Å². The van der Waals surface area contributed by atoms with E-state index in [0.717, 1.165) is 12.0 Å². The van der Waals surface area contributed by atoms with Crippen LogP contribution in [0.1, 0.15) is 18.1 Å². The summed E-state index contributed by atoms with van der Waals surface area (Å²) in [4.78, 5) is 0. The molecule has 0 amide bonds. The normalized spacial score (nSPS) is 30.3.